The van der Waals surface area contributed by atoms with Crippen LogP contribution in [0.25, 0.3) is 16.6 Å². The molecule has 3 aliphatic rings. The van der Waals surface area contributed by atoms with Crippen molar-refractivity contribution in [3.63, 3.8) is 0 Å². The summed E-state index contributed by atoms with van der Waals surface area (Å²) in [5.41, 5.74) is 2.93. The number of rotatable bonds is 2. The van der Waals surface area contributed by atoms with Crippen LogP contribution in [-0.4, -0.2) is 75.9 Å². The number of H-pyrrole nitrogens is 1. The van der Waals surface area contributed by atoms with Crippen LogP contribution in [0.15, 0.2) is 23.1 Å². The average Bonchev–Trinajstić information content (AvgIpc) is 3.44. The molecule has 0 unspecified atom stereocenters. The predicted molar refractivity (Wildman–Crippen MR) is 131 cm³/mol. The molecule has 0 saturated carbocycles. The number of nitrogens with one attached hydrogen (secondary N) is 1. The summed E-state index contributed by atoms with van der Waals surface area (Å²) >= 11 is 0. The Labute approximate surface area is 203 Å². The van der Waals surface area contributed by atoms with Crippen LogP contribution < -0.4 is 5.56 Å². The first kappa shape index (κ1) is 22.3. The number of piperidine rings is 1. The SMILES string of the molecule is Cc1cc2c(cc1C(=O)N1CCC3(CCN(C)C3=O)CC1)[nH]c(=O)c1cnc(C3CCOCC3)n12. The third kappa shape index (κ3) is 3.47. The lowest BCUT2D eigenvalue weighted by Gasteiger charge is -2.38. The Morgan fingerprint density at radius 3 is 2.49 bits per heavy atom. The number of amides is 2. The van der Waals surface area contributed by atoms with E-state index in [1.165, 1.54) is 0 Å². The second-order valence-corrected chi connectivity index (χ2v) is 10.4. The minimum atomic E-state index is -0.303. The molecule has 3 fully saturated rings. The number of fused-ring (bicyclic) bond motifs is 3. The van der Waals surface area contributed by atoms with Gasteiger partial charge < -0.3 is 19.5 Å². The number of nitrogens with zero attached hydrogens (tertiary/aromatic N) is 4. The number of aryl methyl sites for hydroxylation is 1. The summed E-state index contributed by atoms with van der Waals surface area (Å²) in [5, 5.41) is 0. The third-order valence-electron chi connectivity index (χ3n) is 8.40. The lowest BCUT2D eigenvalue weighted by atomic mass is 9.77. The number of aromatic nitrogens is 3. The van der Waals surface area contributed by atoms with Crippen LogP contribution in [-0.2, 0) is 9.53 Å². The number of likely N-dealkylation sites (tertiary alicyclic amines) is 2. The lowest BCUT2D eigenvalue weighted by Crippen LogP contribution is -2.46. The van der Waals surface area contributed by atoms with E-state index in [1.807, 2.05) is 34.2 Å². The van der Waals surface area contributed by atoms with Crippen LogP contribution in [0.4, 0.5) is 0 Å². The van der Waals surface area contributed by atoms with E-state index in [1.54, 1.807) is 12.3 Å². The van der Waals surface area contributed by atoms with Crippen molar-refractivity contribution in [3.05, 3.63) is 45.6 Å². The summed E-state index contributed by atoms with van der Waals surface area (Å²) in [6, 6.07) is 3.79. The molecule has 5 heterocycles. The highest BCUT2D eigenvalue weighted by Crippen LogP contribution is 2.41. The van der Waals surface area contributed by atoms with E-state index >= 15 is 0 Å². The molecule has 0 bridgehead atoms. The fraction of sp³-hybridized carbons (Fsp3) is 0.538. The van der Waals surface area contributed by atoms with Gasteiger partial charge in [0.1, 0.15) is 11.3 Å². The van der Waals surface area contributed by atoms with Gasteiger partial charge in [0.25, 0.3) is 11.5 Å². The number of benzene rings is 1. The van der Waals surface area contributed by atoms with Crippen molar-refractivity contribution >= 4 is 28.4 Å². The maximum absolute atomic E-state index is 13.5. The smallest absolute Gasteiger partial charge is 0.274 e. The molecular formula is C26H31N5O4. The second-order valence-electron chi connectivity index (χ2n) is 10.4. The first-order chi connectivity index (χ1) is 16.9. The summed E-state index contributed by atoms with van der Waals surface area (Å²) in [6.45, 7) is 5.26. The van der Waals surface area contributed by atoms with E-state index in [0.29, 0.717) is 55.7 Å². The summed E-state index contributed by atoms with van der Waals surface area (Å²) in [7, 11) is 1.86. The highest BCUT2D eigenvalue weighted by Gasteiger charge is 2.47. The van der Waals surface area contributed by atoms with Crippen LogP contribution in [0.2, 0.25) is 0 Å². The Balaban J connectivity index is 1.34. The molecular weight excluding hydrogens is 446 g/mol. The van der Waals surface area contributed by atoms with E-state index in [2.05, 4.69) is 9.97 Å². The van der Waals surface area contributed by atoms with Crippen molar-refractivity contribution in [1.82, 2.24) is 24.2 Å². The monoisotopic (exact) mass is 477 g/mol. The fourth-order valence-electron chi connectivity index (χ4n) is 6.18. The molecule has 6 rings (SSSR count). The largest absolute Gasteiger partial charge is 0.381 e. The van der Waals surface area contributed by atoms with E-state index in [9.17, 15) is 14.4 Å². The van der Waals surface area contributed by atoms with Gasteiger partial charge in [-0.2, -0.15) is 0 Å². The molecule has 1 aromatic carbocycles. The summed E-state index contributed by atoms with van der Waals surface area (Å²) in [5.74, 6) is 1.28. The standard InChI is InChI=1S/C26H31N5O4/c1-16-13-20-19(28-23(32)21-15-27-22(31(20)21)17-3-11-35-12-4-17)14-18(16)24(33)30-9-6-26(7-10-30)5-8-29(2)25(26)34/h13-15,17H,3-12H2,1-2H3,(H,28,32). The van der Waals surface area contributed by atoms with E-state index < -0.39 is 0 Å². The minimum Gasteiger partial charge on any atom is -0.381 e. The molecule has 1 N–H and O–H groups in total. The van der Waals surface area contributed by atoms with Gasteiger partial charge in [0.2, 0.25) is 5.91 Å². The molecule has 9 nitrogen and oxygen atoms in total. The first-order valence-electron chi connectivity index (χ1n) is 12.5. The van der Waals surface area contributed by atoms with Gasteiger partial charge in [0.15, 0.2) is 0 Å². The Bertz CT molecular complexity index is 1390. The van der Waals surface area contributed by atoms with E-state index in [0.717, 1.165) is 42.7 Å². The number of hydrogen-bond acceptors (Lipinski definition) is 5. The molecule has 0 radical (unpaired) electrons. The molecule has 3 aliphatic heterocycles. The topological polar surface area (TPSA) is 100 Å². The highest BCUT2D eigenvalue weighted by molar-refractivity contribution is 5.99. The number of carbonyl (C=O) groups excluding carboxylic acids is 2. The number of ether oxygens (including phenoxy) is 1. The molecule has 3 aromatic rings. The van der Waals surface area contributed by atoms with Gasteiger partial charge in [-0.3, -0.25) is 18.8 Å². The molecule has 0 aliphatic carbocycles. The third-order valence-corrected chi connectivity index (χ3v) is 8.40. The zero-order valence-corrected chi connectivity index (χ0v) is 20.3. The van der Waals surface area contributed by atoms with Gasteiger partial charge in [0.05, 0.1) is 22.6 Å². The highest BCUT2D eigenvalue weighted by atomic mass is 16.5. The molecule has 35 heavy (non-hydrogen) atoms. The Morgan fingerprint density at radius 1 is 1.09 bits per heavy atom. The van der Waals surface area contributed by atoms with Crippen LogP contribution in [0.1, 0.15) is 59.8 Å². The van der Waals surface area contributed by atoms with Crippen molar-refractivity contribution in [2.75, 3.05) is 39.9 Å². The number of imidazole rings is 1. The Hall–Kier alpha value is -3.20. The molecule has 0 atom stereocenters. The van der Waals surface area contributed by atoms with Crippen LogP contribution in [0.3, 0.4) is 0 Å². The van der Waals surface area contributed by atoms with Gasteiger partial charge in [-0.25, -0.2) is 4.98 Å². The van der Waals surface area contributed by atoms with Crippen LogP contribution >= 0.6 is 0 Å². The van der Waals surface area contributed by atoms with Gasteiger partial charge in [-0.1, -0.05) is 0 Å². The fourth-order valence-corrected chi connectivity index (χ4v) is 6.18. The van der Waals surface area contributed by atoms with Gasteiger partial charge in [-0.05, 0) is 56.7 Å². The Morgan fingerprint density at radius 2 is 1.80 bits per heavy atom. The molecule has 2 amide bonds. The summed E-state index contributed by atoms with van der Waals surface area (Å²) < 4.78 is 7.47. The number of aromatic amines is 1. The zero-order valence-electron chi connectivity index (χ0n) is 20.3. The van der Waals surface area contributed by atoms with Crippen LogP contribution in [0.5, 0.6) is 0 Å². The average molecular weight is 478 g/mol. The number of hydrogen-bond donors (Lipinski definition) is 1. The molecule has 9 heteroatoms. The first-order valence-corrected chi connectivity index (χ1v) is 12.5. The van der Waals surface area contributed by atoms with Crippen molar-refractivity contribution in [3.8, 4) is 0 Å². The van der Waals surface area contributed by atoms with Gasteiger partial charge in [0, 0.05) is 51.4 Å². The van der Waals surface area contributed by atoms with Crippen molar-refractivity contribution in [2.24, 2.45) is 5.41 Å². The Kier molecular flexibility index (Phi) is 5.21. The summed E-state index contributed by atoms with van der Waals surface area (Å²) in [6.07, 6.45) is 5.67. The molecule has 184 valence electrons. The van der Waals surface area contributed by atoms with Crippen molar-refractivity contribution in [1.29, 1.82) is 0 Å². The van der Waals surface area contributed by atoms with Crippen LogP contribution in [0, 0.1) is 12.3 Å². The van der Waals surface area contributed by atoms with Gasteiger partial charge in [-0.15, -0.1) is 0 Å². The van der Waals surface area contributed by atoms with Gasteiger partial charge >= 0.3 is 0 Å². The molecule has 2 aromatic heterocycles. The lowest BCUT2D eigenvalue weighted by molar-refractivity contribution is -0.137. The van der Waals surface area contributed by atoms with Crippen molar-refractivity contribution < 1.29 is 14.3 Å². The number of carbonyl (C=O) groups is 2. The second kappa shape index (κ2) is 8.19. The predicted octanol–water partition coefficient (Wildman–Crippen LogP) is 2.46. The maximum atomic E-state index is 13.5. The summed E-state index contributed by atoms with van der Waals surface area (Å²) in [4.78, 5) is 50.3. The van der Waals surface area contributed by atoms with E-state index in [-0.39, 0.29) is 28.7 Å². The maximum Gasteiger partial charge on any atom is 0.274 e. The normalized spacial score (nSPS) is 21.0. The van der Waals surface area contributed by atoms with E-state index in [4.69, 9.17) is 4.74 Å². The quantitative estimate of drug-likeness (QED) is 0.611. The zero-order chi connectivity index (χ0) is 24.3. The minimum absolute atomic E-state index is 0.0470. The molecule has 3 saturated heterocycles. The molecule has 1 spiro atoms. The van der Waals surface area contributed by atoms with Crippen molar-refractivity contribution in [2.45, 2.75) is 44.9 Å².